The van der Waals surface area contributed by atoms with Crippen molar-refractivity contribution in [2.75, 3.05) is 46.2 Å². The van der Waals surface area contributed by atoms with Gasteiger partial charge in [-0.25, -0.2) is 23.7 Å². The molecule has 50 heavy (non-hydrogen) atoms. The Morgan fingerprint density at radius 1 is 1.08 bits per heavy atom. The van der Waals surface area contributed by atoms with E-state index >= 15 is 0 Å². The number of fused-ring (bicyclic) bond motifs is 1. The molecule has 0 radical (unpaired) electrons. The average molecular weight is 783 g/mol. The number of hydrogen-bond donors (Lipinski definition) is 5. The van der Waals surface area contributed by atoms with Gasteiger partial charge in [-0.15, -0.1) is 16.7 Å². The summed E-state index contributed by atoms with van der Waals surface area (Å²) in [6, 6.07) is 3.40. The first kappa shape index (κ1) is 39.7. The van der Waals surface area contributed by atoms with E-state index in [0.29, 0.717) is 39.6 Å². The Kier molecular flexibility index (Phi) is 13.4. The van der Waals surface area contributed by atoms with E-state index in [-0.39, 0.29) is 24.7 Å². The van der Waals surface area contributed by atoms with E-state index in [2.05, 4.69) is 30.4 Å². The third-order valence-corrected chi connectivity index (χ3v) is 11.6. The summed E-state index contributed by atoms with van der Waals surface area (Å²) in [5.41, 5.74) is 13.2. The molecule has 0 aliphatic carbocycles. The third kappa shape index (κ3) is 10.0. The Labute approximate surface area is 288 Å². The molecule has 0 bridgehead atoms. The number of benzene rings is 1. The number of methoxy groups -OCH3 is 3. The van der Waals surface area contributed by atoms with Gasteiger partial charge >= 0.3 is 23.4 Å². The summed E-state index contributed by atoms with van der Waals surface area (Å²) < 4.78 is 78.6. The lowest BCUT2D eigenvalue weighted by Crippen LogP contribution is -2.29. The summed E-state index contributed by atoms with van der Waals surface area (Å²) in [5.74, 6) is 7.80. The molecule has 1 aromatic carbocycles. The number of aromatic nitrogens is 3. The molecule has 274 valence electrons. The minimum atomic E-state index is -5.80. The van der Waals surface area contributed by atoms with E-state index < -0.39 is 48.4 Å². The normalized spacial score (nSPS) is 21.0. The number of nitrogens with two attached hydrogens (primary N) is 2. The van der Waals surface area contributed by atoms with Crippen molar-refractivity contribution in [3.63, 3.8) is 0 Å². The van der Waals surface area contributed by atoms with Crippen LogP contribution in [0.1, 0.15) is 23.8 Å². The maximum absolute atomic E-state index is 12.5. The fourth-order valence-corrected chi connectivity index (χ4v) is 8.74. The highest BCUT2D eigenvalue weighted by Crippen LogP contribution is 2.67. The van der Waals surface area contributed by atoms with Crippen molar-refractivity contribution in [1.82, 2.24) is 14.5 Å². The zero-order chi connectivity index (χ0) is 36.7. The topological polar surface area (TPSA) is 298 Å². The molecular weight excluding hydrogens is 749 g/mol. The van der Waals surface area contributed by atoms with Crippen molar-refractivity contribution < 1.29 is 65.2 Å². The number of phosphoric ester groups is 1. The second-order valence-corrected chi connectivity index (χ2v) is 15.4. The Hall–Kier alpha value is -3.12. The van der Waals surface area contributed by atoms with Crippen LogP contribution < -0.4 is 25.7 Å². The molecule has 2 aromatic heterocycles. The highest BCUT2D eigenvalue weighted by atomic mass is 32.2. The first-order valence-electron chi connectivity index (χ1n) is 14.0. The fraction of sp³-hybridized carbons (Fsp3) is 0.440. The summed E-state index contributed by atoms with van der Waals surface area (Å²) in [6.45, 7) is -0.698. The highest BCUT2D eigenvalue weighted by Gasteiger charge is 2.44. The quantitative estimate of drug-likeness (QED) is 0.0432. The van der Waals surface area contributed by atoms with Gasteiger partial charge in [0.15, 0.2) is 0 Å². The fourth-order valence-electron chi connectivity index (χ4n) is 4.75. The van der Waals surface area contributed by atoms with Crippen LogP contribution in [-0.2, 0) is 42.1 Å². The maximum Gasteiger partial charge on any atom is 0.496 e. The number of rotatable bonds is 17. The van der Waals surface area contributed by atoms with Crippen molar-refractivity contribution in [3.05, 3.63) is 40.7 Å². The number of nitroso groups, excluding NO2 is 1. The molecule has 3 heterocycles. The van der Waals surface area contributed by atoms with Gasteiger partial charge in [-0.2, -0.15) is 8.62 Å². The molecule has 1 aliphatic rings. The van der Waals surface area contributed by atoms with Crippen LogP contribution in [0, 0.1) is 16.7 Å². The Morgan fingerprint density at radius 2 is 1.78 bits per heavy atom. The predicted octanol–water partition coefficient (Wildman–Crippen LogP) is 3.03. The summed E-state index contributed by atoms with van der Waals surface area (Å²) in [5, 5.41) is 0.435. The molecule has 6 atom stereocenters. The molecule has 0 spiro atoms. The zero-order valence-corrected chi connectivity index (χ0v) is 30.0. The lowest BCUT2D eigenvalue weighted by atomic mass is 10.2. The molecule has 1 saturated heterocycles. The van der Waals surface area contributed by atoms with E-state index in [9.17, 15) is 28.4 Å². The van der Waals surface area contributed by atoms with Crippen molar-refractivity contribution in [1.29, 1.82) is 0 Å². The van der Waals surface area contributed by atoms with Gasteiger partial charge in [-0.3, -0.25) is 4.52 Å². The largest absolute Gasteiger partial charge is 0.496 e. The molecule has 7 N–H and O–H groups in total. The molecule has 25 heteroatoms. The monoisotopic (exact) mass is 782 g/mol. The SMILES string of the molecule is COc1cc(OC)c(CSCO[C@H]2C[C@H](n3cc(C#CCN)c4c(N)ncnc43)O[C@@H]2COP(=O)(O)OP(=O)(O)OP(=O)(O)N=O)c(OC)c1. The second-order valence-electron chi connectivity index (χ2n) is 9.93. The number of anilines is 1. The van der Waals surface area contributed by atoms with E-state index in [0.717, 1.165) is 5.56 Å². The number of nitrogen functional groups attached to an aromatic ring is 1. The summed E-state index contributed by atoms with van der Waals surface area (Å²) >= 11 is 1.33. The van der Waals surface area contributed by atoms with Crippen molar-refractivity contribution in [3.8, 4) is 29.1 Å². The van der Waals surface area contributed by atoms with Crippen molar-refractivity contribution in [2.45, 2.75) is 30.6 Å². The molecule has 4 rings (SSSR count). The van der Waals surface area contributed by atoms with E-state index in [4.69, 9.17) is 44.6 Å². The van der Waals surface area contributed by atoms with Gasteiger partial charge in [0.2, 0.25) is 0 Å². The Balaban J connectivity index is 1.55. The van der Waals surface area contributed by atoms with E-state index in [1.165, 1.54) is 39.4 Å². The van der Waals surface area contributed by atoms with Crippen LogP contribution in [0.5, 0.6) is 17.2 Å². The molecule has 0 amide bonds. The number of ether oxygens (including phenoxy) is 5. The minimum absolute atomic E-state index is 0.0573. The van der Waals surface area contributed by atoms with Crippen LogP contribution >= 0.6 is 35.2 Å². The average Bonchev–Trinajstić information content (AvgIpc) is 3.65. The number of hydrogen-bond acceptors (Lipinski definition) is 17. The number of thioether (sulfide) groups is 1. The van der Waals surface area contributed by atoms with Gasteiger partial charge in [-0.05, 0) is 0 Å². The lowest BCUT2D eigenvalue weighted by Gasteiger charge is -2.21. The summed E-state index contributed by atoms with van der Waals surface area (Å²) in [6.07, 6.45) is 0.194. The van der Waals surface area contributed by atoms with Crippen LogP contribution in [0.3, 0.4) is 0 Å². The number of nitrogens with zero attached hydrogens (tertiary/aromatic N) is 4. The lowest BCUT2D eigenvalue weighted by molar-refractivity contribution is -0.0521. The molecule has 1 fully saturated rings. The summed E-state index contributed by atoms with van der Waals surface area (Å²) in [7, 11) is -12.3. The summed E-state index contributed by atoms with van der Waals surface area (Å²) in [4.78, 5) is 49.1. The van der Waals surface area contributed by atoms with Crippen LogP contribution in [0.4, 0.5) is 5.82 Å². The molecule has 1 aliphatic heterocycles. The number of phosphoric acid groups is 2. The van der Waals surface area contributed by atoms with Gasteiger partial charge < -0.3 is 54.4 Å². The Bertz CT molecular complexity index is 1880. The predicted molar refractivity (Wildman–Crippen MR) is 177 cm³/mol. The Morgan fingerprint density at radius 3 is 2.40 bits per heavy atom. The van der Waals surface area contributed by atoms with Crippen LogP contribution in [0.2, 0.25) is 0 Å². The molecule has 0 saturated carbocycles. The standard InChI is InChI=1S/C25H33N6O15P3S/c1-39-16-7-18(40-2)17(19(8-16)41-3)12-50-14-42-20-9-22(31-10-15(5-4-6-26)23-24(27)28-13-29-25(23)31)44-21(20)11-43-48(35,36)46-49(37,38)45-47(33,34)30-32/h7-8,10,13,20-22H,6,9,11-12,14,26H2,1-3H3,(H,33,34)(H,35,36)(H,37,38)(H2,27,28,29)/t20-,21+,22+/m0/s1. The minimum Gasteiger partial charge on any atom is -0.496 e. The van der Waals surface area contributed by atoms with Crippen LogP contribution in [0.25, 0.3) is 11.0 Å². The maximum atomic E-state index is 12.5. The first-order chi connectivity index (χ1) is 23.7. The van der Waals surface area contributed by atoms with Gasteiger partial charge in [0, 0.05) is 41.0 Å². The van der Waals surface area contributed by atoms with Gasteiger partial charge in [0.25, 0.3) is 0 Å². The van der Waals surface area contributed by atoms with E-state index in [1.807, 2.05) is 0 Å². The van der Waals surface area contributed by atoms with Crippen LogP contribution in [-0.4, -0.2) is 81.8 Å². The van der Waals surface area contributed by atoms with E-state index in [1.54, 1.807) is 27.8 Å². The molecule has 3 unspecified atom stereocenters. The van der Waals surface area contributed by atoms with Crippen molar-refractivity contribution >= 4 is 52.0 Å². The molecule has 3 aromatic rings. The second kappa shape index (κ2) is 16.9. The highest BCUT2D eigenvalue weighted by molar-refractivity contribution is 7.98. The molecule has 21 nitrogen and oxygen atoms in total. The van der Waals surface area contributed by atoms with Gasteiger partial charge in [-0.1, -0.05) is 11.8 Å². The zero-order valence-electron chi connectivity index (χ0n) is 26.5. The third-order valence-electron chi connectivity index (χ3n) is 6.80. The molecular formula is C25H33N6O15P3S. The van der Waals surface area contributed by atoms with Gasteiger partial charge in [0.1, 0.15) is 47.4 Å². The smallest absolute Gasteiger partial charge is 0.496 e. The van der Waals surface area contributed by atoms with Crippen LogP contribution in [0.15, 0.2) is 29.6 Å². The van der Waals surface area contributed by atoms with Gasteiger partial charge in [0.05, 0.1) is 57.5 Å². The first-order valence-corrected chi connectivity index (χ1v) is 19.7. The van der Waals surface area contributed by atoms with Crippen molar-refractivity contribution in [2.24, 2.45) is 10.7 Å².